The van der Waals surface area contributed by atoms with Crippen LogP contribution in [0.3, 0.4) is 0 Å². The lowest BCUT2D eigenvalue weighted by atomic mass is 10.1. The zero-order valence-electron chi connectivity index (χ0n) is 11.4. The summed E-state index contributed by atoms with van der Waals surface area (Å²) in [5.41, 5.74) is 2.72. The number of rotatable bonds is 5. The Balaban J connectivity index is 2.24. The van der Waals surface area contributed by atoms with Crippen molar-refractivity contribution in [3.63, 3.8) is 0 Å². The second kappa shape index (κ2) is 6.48. The Hall–Kier alpha value is -1.94. The van der Waals surface area contributed by atoms with Crippen molar-refractivity contribution in [2.75, 3.05) is 7.11 Å². The van der Waals surface area contributed by atoms with Gasteiger partial charge in [-0.15, -0.1) is 11.8 Å². The van der Waals surface area contributed by atoms with E-state index in [2.05, 4.69) is 19.1 Å². The lowest BCUT2D eigenvalue weighted by Crippen LogP contribution is -1.99. The van der Waals surface area contributed by atoms with Gasteiger partial charge in [0.05, 0.1) is 12.7 Å². The van der Waals surface area contributed by atoms with Crippen molar-refractivity contribution < 1.29 is 14.6 Å². The lowest BCUT2D eigenvalue weighted by molar-refractivity contribution is 0.0693. The van der Waals surface area contributed by atoms with Crippen LogP contribution in [0.4, 0.5) is 0 Å². The average molecular weight is 288 g/mol. The minimum Gasteiger partial charge on any atom is -0.497 e. The van der Waals surface area contributed by atoms with Crippen molar-refractivity contribution in [1.29, 1.82) is 0 Å². The van der Waals surface area contributed by atoms with Crippen LogP contribution in [0.1, 0.15) is 21.5 Å². The van der Waals surface area contributed by atoms with Gasteiger partial charge < -0.3 is 9.84 Å². The van der Waals surface area contributed by atoms with E-state index in [0.717, 1.165) is 10.6 Å². The maximum atomic E-state index is 11.2. The molecule has 0 amide bonds. The number of carboxylic acids is 1. The van der Waals surface area contributed by atoms with E-state index in [0.29, 0.717) is 11.3 Å². The highest BCUT2D eigenvalue weighted by Gasteiger charge is 2.12. The Morgan fingerprint density at radius 2 is 2.00 bits per heavy atom. The van der Waals surface area contributed by atoms with Crippen molar-refractivity contribution in [2.45, 2.75) is 17.6 Å². The molecule has 0 saturated heterocycles. The zero-order chi connectivity index (χ0) is 14.5. The van der Waals surface area contributed by atoms with Gasteiger partial charge in [0, 0.05) is 10.6 Å². The lowest BCUT2D eigenvalue weighted by Gasteiger charge is -2.09. The van der Waals surface area contributed by atoms with Crippen LogP contribution in [0.15, 0.2) is 47.4 Å². The van der Waals surface area contributed by atoms with Crippen LogP contribution >= 0.6 is 11.8 Å². The van der Waals surface area contributed by atoms with Crippen LogP contribution < -0.4 is 4.74 Å². The Morgan fingerprint density at radius 1 is 1.25 bits per heavy atom. The predicted octanol–water partition coefficient (Wildman–Crippen LogP) is 3.99. The number of carboxylic acid groups (broad SMARTS) is 1. The predicted molar refractivity (Wildman–Crippen MR) is 80.7 cm³/mol. The first-order valence-corrected chi connectivity index (χ1v) is 7.19. The molecule has 104 valence electrons. The Bertz CT molecular complexity index is 623. The largest absolute Gasteiger partial charge is 0.497 e. The van der Waals surface area contributed by atoms with Crippen LogP contribution in [0.5, 0.6) is 5.75 Å². The molecule has 1 N–H and O–H groups in total. The summed E-state index contributed by atoms with van der Waals surface area (Å²) in [6, 6.07) is 13.1. The highest BCUT2D eigenvalue weighted by Crippen LogP contribution is 2.30. The fourth-order valence-corrected chi connectivity index (χ4v) is 3.00. The zero-order valence-corrected chi connectivity index (χ0v) is 12.2. The van der Waals surface area contributed by atoms with E-state index in [1.165, 1.54) is 22.9 Å². The minimum atomic E-state index is -0.917. The van der Waals surface area contributed by atoms with E-state index in [1.807, 2.05) is 12.1 Å². The topological polar surface area (TPSA) is 46.5 Å². The molecule has 2 rings (SSSR count). The van der Waals surface area contributed by atoms with E-state index in [-0.39, 0.29) is 0 Å². The molecule has 0 radical (unpaired) electrons. The van der Waals surface area contributed by atoms with Gasteiger partial charge in [-0.1, -0.05) is 24.3 Å². The Kier molecular flexibility index (Phi) is 4.69. The molecule has 20 heavy (non-hydrogen) atoms. The summed E-state index contributed by atoms with van der Waals surface area (Å²) in [6.45, 7) is 2.06. The summed E-state index contributed by atoms with van der Waals surface area (Å²) in [4.78, 5) is 12.0. The van der Waals surface area contributed by atoms with Crippen LogP contribution in [-0.4, -0.2) is 18.2 Å². The van der Waals surface area contributed by atoms with Gasteiger partial charge in [0.2, 0.25) is 0 Å². The number of methoxy groups -OCH3 is 1. The first-order chi connectivity index (χ1) is 9.61. The minimum absolute atomic E-state index is 0.310. The van der Waals surface area contributed by atoms with Crippen LogP contribution in [-0.2, 0) is 5.75 Å². The highest BCUT2D eigenvalue weighted by molar-refractivity contribution is 7.98. The first-order valence-electron chi connectivity index (χ1n) is 6.20. The molecule has 0 aromatic heterocycles. The first kappa shape index (κ1) is 14.5. The third-order valence-corrected chi connectivity index (χ3v) is 4.17. The number of aryl methyl sites for hydroxylation is 1. The number of ether oxygens (including phenoxy) is 1. The van der Waals surface area contributed by atoms with Crippen molar-refractivity contribution >= 4 is 17.7 Å². The molecule has 2 aromatic carbocycles. The van der Waals surface area contributed by atoms with Gasteiger partial charge in [0.25, 0.3) is 0 Å². The maximum Gasteiger partial charge on any atom is 0.336 e. The van der Waals surface area contributed by atoms with E-state index in [4.69, 9.17) is 4.74 Å². The average Bonchev–Trinajstić information content (AvgIpc) is 2.46. The van der Waals surface area contributed by atoms with E-state index >= 15 is 0 Å². The highest BCUT2D eigenvalue weighted by atomic mass is 32.2. The molecular formula is C16H16O3S. The molecule has 0 aliphatic rings. The van der Waals surface area contributed by atoms with E-state index < -0.39 is 5.97 Å². The fourth-order valence-electron chi connectivity index (χ4n) is 1.85. The third-order valence-electron chi connectivity index (χ3n) is 3.06. The molecule has 0 aliphatic carbocycles. The number of benzene rings is 2. The number of carbonyl (C=O) groups is 1. The van der Waals surface area contributed by atoms with Gasteiger partial charge in [-0.25, -0.2) is 4.79 Å². The van der Waals surface area contributed by atoms with Crippen molar-refractivity contribution in [1.82, 2.24) is 0 Å². The summed E-state index contributed by atoms with van der Waals surface area (Å²) in [5, 5.41) is 9.23. The molecule has 0 heterocycles. The second-order valence-electron chi connectivity index (χ2n) is 4.38. The SMILES string of the molecule is COc1ccc(C(=O)O)c(SCc2ccccc2C)c1. The van der Waals surface area contributed by atoms with Gasteiger partial charge in [-0.2, -0.15) is 0 Å². The fraction of sp³-hybridized carbons (Fsp3) is 0.188. The molecule has 0 unspecified atom stereocenters. The summed E-state index contributed by atoms with van der Waals surface area (Å²) < 4.78 is 5.16. The summed E-state index contributed by atoms with van der Waals surface area (Å²) in [7, 11) is 1.57. The second-order valence-corrected chi connectivity index (χ2v) is 5.40. The summed E-state index contributed by atoms with van der Waals surface area (Å²) in [5.74, 6) is 0.488. The standard InChI is InChI=1S/C16H16O3S/c1-11-5-3-4-6-12(11)10-20-15-9-13(19-2)7-8-14(15)16(17)18/h3-9H,10H2,1-2H3,(H,17,18). The molecule has 0 aliphatic heterocycles. The Labute approximate surface area is 122 Å². The molecular weight excluding hydrogens is 272 g/mol. The van der Waals surface area contributed by atoms with Gasteiger partial charge >= 0.3 is 5.97 Å². The number of aromatic carboxylic acids is 1. The van der Waals surface area contributed by atoms with E-state index in [9.17, 15) is 9.90 Å². The molecule has 0 bridgehead atoms. The van der Waals surface area contributed by atoms with Crippen molar-refractivity contribution in [2.24, 2.45) is 0 Å². The normalized spacial score (nSPS) is 10.3. The van der Waals surface area contributed by atoms with Crippen LogP contribution in [0, 0.1) is 6.92 Å². The van der Waals surface area contributed by atoms with Gasteiger partial charge in [-0.3, -0.25) is 0 Å². The van der Waals surface area contributed by atoms with Gasteiger partial charge in [-0.05, 0) is 36.2 Å². The Morgan fingerprint density at radius 3 is 2.65 bits per heavy atom. The number of hydrogen-bond donors (Lipinski definition) is 1. The summed E-state index contributed by atoms with van der Waals surface area (Å²) in [6.07, 6.45) is 0. The van der Waals surface area contributed by atoms with Crippen molar-refractivity contribution in [3.8, 4) is 5.75 Å². The monoisotopic (exact) mass is 288 g/mol. The molecule has 0 spiro atoms. The summed E-state index contributed by atoms with van der Waals surface area (Å²) >= 11 is 1.51. The molecule has 0 atom stereocenters. The number of hydrogen-bond acceptors (Lipinski definition) is 3. The van der Waals surface area contributed by atoms with E-state index in [1.54, 1.807) is 25.3 Å². The molecule has 2 aromatic rings. The molecule has 3 nitrogen and oxygen atoms in total. The quantitative estimate of drug-likeness (QED) is 0.845. The van der Waals surface area contributed by atoms with Gasteiger partial charge in [0.15, 0.2) is 0 Å². The molecule has 0 saturated carbocycles. The maximum absolute atomic E-state index is 11.2. The van der Waals surface area contributed by atoms with Crippen molar-refractivity contribution in [3.05, 3.63) is 59.2 Å². The van der Waals surface area contributed by atoms with Crippen LogP contribution in [0.2, 0.25) is 0 Å². The van der Waals surface area contributed by atoms with Gasteiger partial charge in [0.1, 0.15) is 5.75 Å². The molecule has 4 heteroatoms. The number of thioether (sulfide) groups is 1. The smallest absolute Gasteiger partial charge is 0.336 e. The van der Waals surface area contributed by atoms with Crippen LogP contribution in [0.25, 0.3) is 0 Å². The molecule has 0 fully saturated rings. The third kappa shape index (κ3) is 3.33.